The second kappa shape index (κ2) is 6.05. The van der Waals surface area contributed by atoms with Crippen LogP contribution in [-0.4, -0.2) is 20.5 Å². The van der Waals surface area contributed by atoms with Gasteiger partial charge in [-0.15, -0.1) is 0 Å². The van der Waals surface area contributed by atoms with Gasteiger partial charge in [0.25, 0.3) is 0 Å². The van der Waals surface area contributed by atoms with Gasteiger partial charge < -0.3 is 11.1 Å². The van der Waals surface area contributed by atoms with Gasteiger partial charge in [0, 0.05) is 5.54 Å². The van der Waals surface area contributed by atoms with Crippen molar-refractivity contribution in [2.24, 2.45) is 17.6 Å². The van der Waals surface area contributed by atoms with Crippen molar-refractivity contribution < 1.29 is 0 Å². The number of thiocarbonyl (C=S) groups is 1. The Morgan fingerprint density at radius 2 is 2.19 bits per heavy atom. The molecule has 1 aromatic rings. The second-order valence-electron chi connectivity index (χ2n) is 6.19. The van der Waals surface area contributed by atoms with Crippen molar-refractivity contribution in [2.75, 3.05) is 5.32 Å². The molecule has 2 rings (SSSR count). The molecule has 1 aliphatic carbocycles. The lowest BCUT2D eigenvalue weighted by atomic mass is 9.85. The highest BCUT2D eigenvalue weighted by atomic mass is 35.5. The quantitative estimate of drug-likeness (QED) is 0.652. The zero-order valence-corrected chi connectivity index (χ0v) is 14.6. The first kappa shape index (κ1) is 16.4. The summed E-state index contributed by atoms with van der Waals surface area (Å²) >= 11 is 11.3. The predicted molar refractivity (Wildman–Crippen MR) is 91.9 cm³/mol. The van der Waals surface area contributed by atoms with Gasteiger partial charge in [-0.05, 0) is 38.5 Å². The molecule has 1 heterocycles. The van der Waals surface area contributed by atoms with E-state index in [0.29, 0.717) is 28.3 Å². The summed E-state index contributed by atoms with van der Waals surface area (Å²) in [5, 5.41) is 3.88. The number of hydrogen-bond acceptors (Lipinski definition) is 4. The Hall–Kier alpha value is -0.940. The van der Waals surface area contributed by atoms with Gasteiger partial charge >= 0.3 is 0 Å². The summed E-state index contributed by atoms with van der Waals surface area (Å²) in [5.41, 5.74) is 6.32. The average Bonchev–Trinajstić information content (AvgIpc) is 2.64. The van der Waals surface area contributed by atoms with Crippen molar-refractivity contribution in [2.45, 2.75) is 52.5 Å². The van der Waals surface area contributed by atoms with Gasteiger partial charge in [0.1, 0.15) is 21.8 Å². The molecule has 6 heteroatoms. The van der Waals surface area contributed by atoms with Gasteiger partial charge in [0.05, 0.1) is 5.56 Å². The summed E-state index contributed by atoms with van der Waals surface area (Å²) in [6, 6.07) is 0. The van der Waals surface area contributed by atoms with Crippen LogP contribution < -0.4 is 11.1 Å². The molecule has 0 amide bonds. The number of anilines is 1. The van der Waals surface area contributed by atoms with Crippen molar-refractivity contribution in [1.82, 2.24) is 9.97 Å². The fourth-order valence-corrected chi connectivity index (χ4v) is 3.90. The molecule has 4 nitrogen and oxygen atoms in total. The molecular weight excluding hydrogens is 304 g/mol. The van der Waals surface area contributed by atoms with Crippen LogP contribution in [0.1, 0.15) is 51.4 Å². The van der Waals surface area contributed by atoms with Gasteiger partial charge in [-0.2, -0.15) is 0 Å². The van der Waals surface area contributed by atoms with E-state index in [1.54, 1.807) is 0 Å². The van der Waals surface area contributed by atoms with Crippen LogP contribution >= 0.6 is 23.8 Å². The van der Waals surface area contributed by atoms with Gasteiger partial charge in [-0.25, -0.2) is 9.97 Å². The predicted octanol–water partition coefficient (Wildman–Crippen LogP) is 3.70. The minimum absolute atomic E-state index is 0.0235. The maximum Gasteiger partial charge on any atom is 0.145 e. The van der Waals surface area contributed by atoms with E-state index in [1.807, 2.05) is 6.92 Å². The summed E-state index contributed by atoms with van der Waals surface area (Å²) in [5.74, 6) is 2.56. The van der Waals surface area contributed by atoms with E-state index >= 15 is 0 Å². The first-order valence-electron chi connectivity index (χ1n) is 7.40. The Morgan fingerprint density at radius 1 is 1.52 bits per heavy atom. The Bertz CT molecular complexity index is 563. The fourth-order valence-electron chi connectivity index (χ4n) is 3.33. The molecule has 0 bridgehead atoms. The van der Waals surface area contributed by atoms with Gasteiger partial charge in [0.2, 0.25) is 0 Å². The van der Waals surface area contributed by atoms with E-state index in [-0.39, 0.29) is 10.5 Å². The lowest BCUT2D eigenvalue weighted by molar-refractivity contribution is 0.325. The first-order chi connectivity index (χ1) is 9.78. The summed E-state index contributed by atoms with van der Waals surface area (Å²) in [7, 11) is 0. The normalized spacial score (nSPS) is 28.6. The Morgan fingerprint density at radius 3 is 2.71 bits per heavy atom. The van der Waals surface area contributed by atoms with Crippen LogP contribution in [0.2, 0.25) is 5.15 Å². The molecule has 0 radical (unpaired) electrons. The van der Waals surface area contributed by atoms with Gasteiger partial charge in [-0.1, -0.05) is 44.1 Å². The van der Waals surface area contributed by atoms with E-state index in [1.165, 1.54) is 12.8 Å². The molecule has 3 atom stereocenters. The molecule has 0 aliphatic heterocycles. The highest BCUT2D eigenvalue weighted by molar-refractivity contribution is 7.80. The van der Waals surface area contributed by atoms with E-state index < -0.39 is 0 Å². The zero-order valence-electron chi connectivity index (χ0n) is 13.0. The van der Waals surface area contributed by atoms with Crippen molar-refractivity contribution in [3.05, 3.63) is 16.5 Å². The molecule has 0 spiro atoms. The molecule has 1 fully saturated rings. The molecule has 1 aromatic heterocycles. The van der Waals surface area contributed by atoms with Crippen molar-refractivity contribution in [1.29, 1.82) is 0 Å². The molecule has 1 aliphatic rings. The van der Waals surface area contributed by atoms with E-state index in [2.05, 4.69) is 36.1 Å². The number of nitrogens with two attached hydrogens (primary N) is 1. The van der Waals surface area contributed by atoms with E-state index in [0.717, 1.165) is 12.3 Å². The summed E-state index contributed by atoms with van der Waals surface area (Å²) in [6.45, 7) is 8.60. The van der Waals surface area contributed by atoms with Crippen LogP contribution in [0.5, 0.6) is 0 Å². The number of rotatable bonds is 4. The third kappa shape index (κ3) is 3.14. The lowest BCUT2D eigenvalue weighted by Gasteiger charge is -2.34. The highest BCUT2D eigenvalue weighted by Crippen LogP contribution is 2.43. The highest BCUT2D eigenvalue weighted by Gasteiger charge is 2.42. The van der Waals surface area contributed by atoms with Crippen LogP contribution in [-0.2, 0) is 0 Å². The van der Waals surface area contributed by atoms with Crippen LogP contribution in [0.25, 0.3) is 0 Å². The molecule has 116 valence electrons. The molecule has 21 heavy (non-hydrogen) atoms. The smallest absolute Gasteiger partial charge is 0.145 e. The zero-order chi connectivity index (χ0) is 15.8. The minimum Gasteiger partial charge on any atom is -0.389 e. The Kier molecular flexibility index (Phi) is 4.73. The molecule has 1 saturated carbocycles. The number of aromatic nitrogens is 2. The largest absolute Gasteiger partial charge is 0.389 e. The fraction of sp³-hybridized carbons (Fsp3) is 0.667. The average molecular weight is 327 g/mol. The van der Waals surface area contributed by atoms with E-state index in [9.17, 15) is 0 Å². The summed E-state index contributed by atoms with van der Waals surface area (Å²) < 4.78 is 0. The first-order valence-corrected chi connectivity index (χ1v) is 8.19. The second-order valence-corrected chi connectivity index (χ2v) is 6.99. The number of aryl methyl sites for hydroxylation is 1. The number of nitrogens with zero attached hydrogens (tertiary/aromatic N) is 2. The monoisotopic (exact) mass is 326 g/mol. The Balaban J connectivity index is 2.38. The maximum atomic E-state index is 6.19. The molecule has 0 aromatic carbocycles. The SMILES string of the molecule is CCC1CCC(C)(Nc2nc(C)nc(Cl)c2C(N)=S)C1C. The topological polar surface area (TPSA) is 63.8 Å². The van der Waals surface area contributed by atoms with Crippen LogP contribution in [0.15, 0.2) is 0 Å². The van der Waals surface area contributed by atoms with Crippen molar-refractivity contribution >= 4 is 34.6 Å². The van der Waals surface area contributed by atoms with Crippen molar-refractivity contribution in [3.8, 4) is 0 Å². The third-order valence-corrected chi connectivity index (χ3v) is 5.38. The summed E-state index contributed by atoms with van der Waals surface area (Å²) in [4.78, 5) is 8.85. The molecule has 3 unspecified atom stereocenters. The molecule has 0 saturated heterocycles. The van der Waals surface area contributed by atoms with Crippen LogP contribution in [0.4, 0.5) is 5.82 Å². The standard InChI is InChI=1S/C15H23ClN4S/c1-5-10-6-7-15(4,8(10)2)20-14-11(13(17)21)12(16)18-9(3)19-14/h8,10H,5-7H2,1-4H3,(H2,17,21)(H,18,19,20). The van der Waals surface area contributed by atoms with Crippen LogP contribution in [0, 0.1) is 18.8 Å². The number of hydrogen-bond donors (Lipinski definition) is 2. The van der Waals surface area contributed by atoms with Crippen LogP contribution in [0.3, 0.4) is 0 Å². The van der Waals surface area contributed by atoms with Crippen molar-refractivity contribution in [3.63, 3.8) is 0 Å². The molecule has 3 N–H and O–H groups in total. The van der Waals surface area contributed by atoms with Gasteiger partial charge in [-0.3, -0.25) is 0 Å². The van der Waals surface area contributed by atoms with E-state index in [4.69, 9.17) is 29.6 Å². The summed E-state index contributed by atoms with van der Waals surface area (Å²) in [6.07, 6.45) is 3.52. The third-order valence-electron chi connectivity index (χ3n) is 4.90. The maximum absolute atomic E-state index is 6.19. The lowest BCUT2D eigenvalue weighted by Crippen LogP contribution is -2.40. The minimum atomic E-state index is -0.0235. The molecular formula is C15H23ClN4S. The van der Waals surface area contributed by atoms with Gasteiger partial charge in [0.15, 0.2) is 0 Å². The Labute approximate surface area is 136 Å². The number of nitrogens with one attached hydrogen (secondary N) is 1. The number of halogens is 1.